The second kappa shape index (κ2) is 8.61. The fraction of sp³-hybridized carbons (Fsp3) is 0.0714. The van der Waals surface area contributed by atoms with Crippen LogP contribution in [0.2, 0.25) is 0 Å². The van der Waals surface area contributed by atoms with E-state index in [-0.39, 0.29) is 11.9 Å². The molecule has 1 heterocycles. The lowest BCUT2D eigenvalue weighted by Crippen LogP contribution is -2.33. The summed E-state index contributed by atoms with van der Waals surface area (Å²) in [6, 6.07) is 30.3. The molecule has 3 N–H and O–H groups in total. The van der Waals surface area contributed by atoms with Gasteiger partial charge >= 0.3 is 0 Å². The van der Waals surface area contributed by atoms with Crippen LogP contribution in [-0.2, 0) is 0 Å². The van der Waals surface area contributed by atoms with Crippen LogP contribution in [0, 0.1) is 0 Å². The standard InChI is InChI=1S/C28H23N3O/c29-17-27(31-28(32)25-11-12-26-18-30-14-13-24(26)16-25)21-8-5-20(6-9-21)23-10-7-19-3-1-2-4-22(19)15-23/h1-16,18,27H,17,29H2,(H,31,32). The number of carbonyl (C=O) groups is 1. The van der Waals surface area contributed by atoms with Gasteiger partial charge in [0.25, 0.3) is 5.91 Å². The lowest BCUT2D eigenvalue weighted by molar-refractivity contribution is 0.0938. The van der Waals surface area contributed by atoms with Crippen LogP contribution in [0.4, 0.5) is 0 Å². The zero-order valence-electron chi connectivity index (χ0n) is 17.5. The molecule has 0 saturated carbocycles. The first-order valence-corrected chi connectivity index (χ1v) is 10.6. The third-order valence-corrected chi connectivity index (χ3v) is 5.84. The number of hydrogen-bond acceptors (Lipinski definition) is 3. The molecule has 4 nitrogen and oxygen atoms in total. The second-order valence-electron chi connectivity index (χ2n) is 7.88. The van der Waals surface area contributed by atoms with Crippen molar-refractivity contribution in [2.24, 2.45) is 5.73 Å². The number of carbonyl (C=O) groups excluding carboxylic acids is 1. The minimum Gasteiger partial charge on any atom is -0.344 e. The molecule has 1 amide bonds. The molecule has 4 aromatic carbocycles. The van der Waals surface area contributed by atoms with Gasteiger partial charge in [0, 0.05) is 29.9 Å². The maximum Gasteiger partial charge on any atom is 0.251 e. The summed E-state index contributed by atoms with van der Waals surface area (Å²) in [6.45, 7) is 0.318. The highest BCUT2D eigenvalue weighted by molar-refractivity contribution is 5.98. The third-order valence-electron chi connectivity index (χ3n) is 5.84. The summed E-state index contributed by atoms with van der Waals surface area (Å²) in [7, 11) is 0. The average molecular weight is 418 g/mol. The number of amides is 1. The van der Waals surface area contributed by atoms with Gasteiger partial charge < -0.3 is 11.1 Å². The van der Waals surface area contributed by atoms with E-state index >= 15 is 0 Å². The zero-order chi connectivity index (χ0) is 21.9. The largest absolute Gasteiger partial charge is 0.344 e. The van der Waals surface area contributed by atoms with Crippen LogP contribution in [-0.4, -0.2) is 17.4 Å². The van der Waals surface area contributed by atoms with Gasteiger partial charge in [-0.2, -0.15) is 0 Å². The minimum atomic E-state index is -0.263. The van der Waals surface area contributed by atoms with Crippen molar-refractivity contribution >= 4 is 27.5 Å². The van der Waals surface area contributed by atoms with Gasteiger partial charge in [0.1, 0.15) is 0 Å². The summed E-state index contributed by atoms with van der Waals surface area (Å²) in [5, 5.41) is 7.50. The van der Waals surface area contributed by atoms with E-state index in [1.807, 2.05) is 42.5 Å². The summed E-state index contributed by atoms with van der Waals surface area (Å²) in [6.07, 6.45) is 3.51. The Labute approximate surface area is 186 Å². The molecule has 0 aliphatic rings. The molecular weight excluding hydrogens is 394 g/mol. The number of fused-ring (bicyclic) bond motifs is 2. The maximum absolute atomic E-state index is 12.9. The molecule has 0 radical (unpaired) electrons. The molecule has 0 spiro atoms. The number of rotatable bonds is 5. The van der Waals surface area contributed by atoms with Crippen molar-refractivity contribution in [1.29, 1.82) is 0 Å². The molecule has 32 heavy (non-hydrogen) atoms. The highest BCUT2D eigenvalue weighted by Crippen LogP contribution is 2.26. The van der Waals surface area contributed by atoms with Gasteiger partial charge in [-0.3, -0.25) is 9.78 Å². The molecule has 1 atom stereocenters. The van der Waals surface area contributed by atoms with Crippen LogP contribution in [0.15, 0.2) is 103 Å². The summed E-state index contributed by atoms with van der Waals surface area (Å²) >= 11 is 0. The Balaban J connectivity index is 1.35. The number of hydrogen-bond donors (Lipinski definition) is 2. The molecular formula is C28H23N3O. The monoisotopic (exact) mass is 417 g/mol. The first-order chi connectivity index (χ1) is 15.7. The van der Waals surface area contributed by atoms with Gasteiger partial charge in [-0.05, 0) is 57.1 Å². The smallest absolute Gasteiger partial charge is 0.251 e. The van der Waals surface area contributed by atoms with Crippen LogP contribution in [0.5, 0.6) is 0 Å². The summed E-state index contributed by atoms with van der Waals surface area (Å²) in [5.41, 5.74) is 9.89. The summed E-state index contributed by atoms with van der Waals surface area (Å²) < 4.78 is 0. The van der Waals surface area contributed by atoms with Crippen molar-refractivity contribution in [3.63, 3.8) is 0 Å². The van der Waals surface area contributed by atoms with Crippen LogP contribution < -0.4 is 11.1 Å². The van der Waals surface area contributed by atoms with Crippen LogP contribution in [0.1, 0.15) is 22.0 Å². The van der Waals surface area contributed by atoms with Crippen molar-refractivity contribution in [3.8, 4) is 11.1 Å². The quantitative estimate of drug-likeness (QED) is 0.398. The van der Waals surface area contributed by atoms with Crippen molar-refractivity contribution in [3.05, 3.63) is 115 Å². The zero-order valence-corrected chi connectivity index (χ0v) is 17.5. The summed E-state index contributed by atoms with van der Waals surface area (Å²) in [5.74, 6) is -0.141. The molecule has 0 bridgehead atoms. The number of nitrogens with zero attached hydrogens (tertiary/aromatic N) is 1. The van der Waals surface area contributed by atoms with E-state index in [4.69, 9.17) is 5.73 Å². The SMILES string of the molecule is NCC(NC(=O)c1ccc2cnccc2c1)c1ccc(-c2ccc3ccccc3c2)cc1. The normalized spacial score (nSPS) is 12.0. The van der Waals surface area contributed by atoms with E-state index in [1.54, 1.807) is 12.4 Å². The maximum atomic E-state index is 12.9. The molecule has 5 rings (SSSR count). The number of nitrogens with two attached hydrogens (primary N) is 1. The Morgan fingerprint density at radius 3 is 2.31 bits per heavy atom. The van der Waals surface area contributed by atoms with Gasteiger partial charge in [-0.1, -0.05) is 66.7 Å². The highest BCUT2D eigenvalue weighted by Gasteiger charge is 2.15. The second-order valence-corrected chi connectivity index (χ2v) is 7.88. The predicted molar refractivity (Wildman–Crippen MR) is 130 cm³/mol. The van der Waals surface area contributed by atoms with Gasteiger partial charge in [-0.25, -0.2) is 0 Å². The molecule has 0 aliphatic heterocycles. The van der Waals surface area contributed by atoms with Crippen LogP contribution >= 0.6 is 0 Å². The number of pyridine rings is 1. The molecule has 0 saturated heterocycles. The lowest BCUT2D eigenvalue weighted by Gasteiger charge is -2.18. The Hall–Kier alpha value is -4.02. The average Bonchev–Trinajstić information content (AvgIpc) is 2.86. The molecule has 4 heteroatoms. The fourth-order valence-electron chi connectivity index (χ4n) is 4.02. The van der Waals surface area contributed by atoms with Crippen molar-refractivity contribution < 1.29 is 4.79 Å². The molecule has 1 unspecified atom stereocenters. The Kier molecular flexibility index (Phi) is 5.36. The summed E-state index contributed by atoms with van der Waals surface area (Å²) in [4.78, 5) is 17.0. The molecule has 1 aromatic heterocycles. The number of aromatic nitrogens is 1. The first-order valence-electron chi connectivity index (χ1n) is 10.6. The van der Waals surface area contributed by atoms with E-state index in [9.17, 15) is 4.79 Å². The first kappa shape index (κ1) is 19.9. The molecule has 0 fully saturated rings. The molecule has 0 aliphatic carbocycles. The molecule has 156 valence electrons. The fourth-order valence-corrected chi connectivity index (χ4v) is 4.02. The third kappa shape index (κ3) is 3.96. The number of nitrogens with one attached hydrogen (secondary N) is 1. The highest BCUT2D eigenvalue weighted by atomic mass is 16.1. The van der Waals surface area contributed by atoms with Gasteiger partial charge in [0.2, 0.25) is 0 Å². The van der Waals surface area contributed by atoms with E-state index in [0.29, 0.717) is 12.1 Å². The van der Waals surface area contributed by atoms with E-state index in [1.165, 1.54) is 10.8 Å². The van der Waals surface area contributed by atoms with Crippen molar-refractivity contribution in [1.82, 2.24) is 10.3 Å². The van der Waals surface area contributed by atoms with Crippen molar-refractivity contribution in [2.75, 3.05) is 6.54 Å². The predicted octanol–water partition coefficient (Wildman–Crippen LogP) is 5.48. The van der Waals surface area contributed by atoms with E-state index < -0.39 is 0 Å². The molecule has 5 aromatic rings. The van der Waals surface area contributed by atoms with E-state index in [2.05, 4.69) is 58.8 Å². The van der Waals surface area contributed by atoms with Gasteiger partial charge in [0.15, 0.2) is 0 Å². The minimum absolute atomic E-state index is 0.141. The Morgan fingerprint density at radius 2 is 1.50 bits per heavy atom. The Bertz CT molecular complexity index is 1410. The van der Waals surface area contributed by atoms with Crippen LogP contribution in [0.3, 0.4) is 0 Å². The van der Waals surface area contributed by atoms with Gasteiger partial charge in [0.05, 0.1) is 6.04 Å². The van der Waals surface area contributed by atoms with E-state index in [0.717, 1.165) is 27.5 Å². The Morgan fingerprint density at radius 1 is 0.781 bits per heavy atom. The number of benzene rings is 4. The van der Waals surface area contributed by atoms with Crippen LogP contribution in [0.25, 0.3) is 32.7 Å². The lowest BCUT2D eigenvalue weighted by atomic mass is 9.98. The topological polar surface area (TPSA) is 68.0 Å². The van der Waals surface area contributed by atoms with Crippen molar-refractivity contribution in [2.45, 2.75) is 6.04 Å². The van der Waals surface area contributed by atoms with Gasteiger partial charge in [-0.15, -0.1) is 0 Å².